The van der Waals surface area contributed by atoms with E-state index >= 15 is 0 Å². The standard InChI is InChI=1S/C22H28BrN5O/c1-4-19(21-18-11-15(23)5-6-20(18)26-22(21)29)25-16-12-24-28(13-16)17-7-9-27(10-8-17)14(2)3/h5-6,11-14,17,26,29H,4,7-10H2,1-3H3. The van der Waals surface area contributed by atoms with Crippen molar-refractivity contribution in [2.75, 3.05) is 13.1 Å². The van der Waals surface area contributed by atoms with Crippen LogP contribution in [0.25, 0.3) is 10.9 Å². The zero-order chi connectivity index (χ0) is 20.5. The lowest BCUT2D eigenvalue weighted by Crippen LogP contribution is -2.39. The lowest BCUT2D eigenvalue weighted by atomic mass is 10.0. The Morgan fingerprint density at radius 3 is 2.79 bits per heavy atom. The van der Waals surface area contributed by atoms with Gasteiger partial charge in [0.05, 0.1) is 29.7 Å². The van der Waals surface area contributed by atoms with Crippen molar-refractivity contribution >= 4 is 38.2 Å². The van der Waals surface area contributed by atoms with Crippen molar-refractivity contribution in [2.45, 2.75) is 52.1 Å². The van der Waals surface area contributed by atoms with Gasteiger partial charge in [0.15, 0.2) is 5.88 Å². The fraction of sp³-hybridized carbons (Fsp3) is 0.455. The summed E-state index contributed by atoms with van der Waals surface area (Å²) >= 11 is 3.52. The molecular weight excluding hydrogens is 430 g/mol. The Bertz CT molecular complexity index is 1030. The van der Waals surface area contributed by atoms with Gasteiger partial charge < -0.3 is 15.0 Å². The Balaban J connectivity index is 1.60. The third-order valence-corrected chi connectivity index (χ3v) is 6.31. The summed E-state index contributed by atoms with van der Waals surface area (Å²) in [4.78, 5) is 10.4. The Hall–Kier alpha value is -2.12. The maximum absolute atomic E-state index is 10.5. The van der Waals surface area contributed by atoms with E-state index in [1.54, 1.807) is 0 Å². The highest BCUT2D eigenvalue weighted by Gasteiger charge is 2.23. The molecule has 0 aliphatic carbocycles. The molecule has 1 aromatic carbocycles. The Morgan fingerprint density at radius 2 is 2.10 bits per heavy atom. The highest BCUT2D eigenvalue weighted by Crippen LogP contribution is 2.32. The molecular formula is C22H28BrN5O. The van der Waals surface area contributed by atoms with Crippen LogP contribution in [0.3, 0.4) is 0 Å². The average molecular weight is 458 g/mol. The molecule has 2 aromatic heterocycles. The van der Waals surface area contributed by atoms with E-state index in [-0.39, 0.29) is 5.88 Å². The van der Waals surface area contributed by atoms with Crippen molar-refractivity contribution in [2.24, 2.45) is 4.99 Å². The first-order valence-electron chi connectivity index (χ1n) is 10.3. The van der Waals surface area contributed by atoms with Crippen molar-refractivity contribution in [1.82, 2.24) is 19.7 Å². The zero-order valence-electron chi connectivity index (χ0n) is 17.2. The van der Waals surface area contributed by atoms with E-state index in [4.69, 9.17) is 4.99 Å². The van der Waals surface area contributed by atoms with Crippen molar-refractivity contribution in [1.29, 1.82) is 0 Å². The smallest absolute Gasteiger partial charge is 0.198 e. The molecule has 0 atom stereocenters. The summed E-state index contributed by atoms with van der Waals surface area (Å²) in [5.74, 6) is 0.159. The number of aromatic amines is 1. The molecule has 0 amide bonds. The van der Waals surface area contributed by atoms with E-state index in [1.165, 1.54) is 0 Å². The van der Waals surface area contributed by atoms with Gasteiger partial charge in [-0.25, -0.2) is 4.99 Å². The van der Waals surface area contributed by atoms with Crippen molar-refractivity contribution in [3.05, 3.63) is 40.6 Å². The number of rotatable bonds is 5. The fourth-order valence-electron chi connectivity index (χ4n) is 4.16. The third kappa shape index (κ3) is 4.12. The quantitative estimate of drug-likeness (QED) is 0.503. The highest BCUT2D eigenvalue weighted by atomic mass is 79.9. The number of nitrogens with zero attached hydrogens (tertiary/aromatic N) is 4. The number of aliphatic imine (C=N–C) groups is 1. The van der Waals surface area contributed by atoms with Crippen LogP contribution < -0.4 is 0 Å². The lowest BCUT2D eigenvalue weighted by molar-refractivity contribution is 0.147. The molecule has 2 N–H and O–H groups in total. The van der Waals surface area contributed by atoms with Crippen LogP contribution in [-0.2, 0) is 0 Å². The van der Waals surface area contributed by atoms with Gasteiger partial charge >= 0.3 is 0 Å². The summed E-state index contributed by atoms with van der Waals surface area (Å²) in [6.07, 6.45) is 6.80. The minimum Gasteiger partial charge on any atom is -0.494 e. The van der Waals surface area contributed by atoms with E-state index in [2.05, 4.69) is 56.4 Å². The number of nitrogens with one attached hydrogen (secondary N) is 1. The van der Waals surface area contributed by atoms with Crippen LogP contribution in [0.5, 0.6) is 5.88 Å². The van der Waals surface area contributed by atoms with Crippen LogP contribution in [0.1, 0.15) is 51.6 Å². The first-order valence-corrected chi connectivity index (χ1v) is 11.1. The second-order valence-corrected chi connectivity index (χ2v) is 8.91. The number of hydrogen-bond acceptors (Lipinski definition) is 4. The molecule has 0 saturated carbocycles. The number of aromatic nitrogens is 3. The summed E-state index contributed by atoms with van der Waals surface area (Å²) in [6.45, 7) is 8.79. The molecule has 1 fully saturated rings. The molecule has 0 unspecified atom stereocenters. The number of halogens is 1. The van der Waals surface area contributed by atoms with E-state index in [0.29, 0.717) is 18.5 Å². The van der Waals surface area contributed by atoms with E-state index in [0.717, 1.165) is 58.3 Å². The summed E-state index contributed by atoms with van der Waals surface area (Å²) < 4.78 is 3.04. The van der Waals surface area contributed by atoms with Gasteiger partial charge in [-0.1, -0.05) is 22.9 Å². The molecule has 1 aliphatic rings. The van der Waals surface area contributed by atoms with Crippen LogP contribution in [0.15, 0.2) is 40.1 Å². The Labute approximate surface area is 179 Å². The molecule has 29 heavy (non-hydrogen) atoms. The molecule has 3 aromatic rings. The van der Waals surface area contributed by atoms with Gasteiger partial charge in [-0.2, -0.15) is 5.10 Å². The molecule has 1 aliphatic heterocycles. The number of hydrogen-bond donors (Lipinski definition) is 2. The number of aromatic hydroxyl groups is 1. The first-order chi connectivity index (χ1) is 14.0. The van der Waals surface area contributed by atoms with Gasteiger partial charge in [0.25, 0.3) is 0 Å². The predicted molar refractivity (Wildman–Crippen MR) is 121 cm³/mol. The van der Waals surface area contributed by atoms with Gasteiger partial charge in [0.2, 0.25) is 0 Å². The van der Waals surface area contributed by atoms with E-state index < -0.39 is 0 Å². The van der Waals surface area contributed by atoms with Gasteiger partial charge in [0, 0.05) is 34.5 Å². The maximum Gasteiger partial charge on any atom is 0.198 e. The number of piperidine rings is 1. The topological polar surface area (TPSA) is 69.4 Å². The fourth-order valence-corrected chi connectivity index (χ4v) is 4.52. The summed E-state index contributed by atoms with van der Waals surface area (Å²) in [5, 5.41) is 16.1. The second-order valence-electron chi connectivity index (χ2n) is 7.99. The first kappa shape index (κ1) is 20.2. The predicted octanol–water partition coefficient (Wildman–Crippen LogP) is 5.41. The minimum atomic E-state index is 0.159. The maximum atomic E-state index is 10.5. The molecule has 4 rings (SSSR count). The lowest BCUT2D eigenvalue weighted by Gasteiger charge is -2.34. The van der Waals surface area contributed by atoms with Crippen molar-refractivity contribution < 1.29 is 5.11 Å². The average Bonchev–Trinajstić information content (AvgIpc) is 3.30. The van der Waals surface area contributed by atoms with Crippen LogP contribution in [0, 0.1) is 0 Å². The van der Waals surface area contributed by atoms with Crippen molar-refractivity contribution in [3.63, 3.8) is 0 Å². The second kappa shape index (κ2) is 8.32. The minimum absolute atomic E-state index is 0.159. The van der Waals surface area contributed by atoms with Gasteiger partial charge in [-0.15, -0.1) is 0 Å². The largest absolute Gasteiger partial charge is 0.494 e. The number of likely N-dealkylation sites (tertiary alicyclic amines) is 1. The monoisotopic (exact) mass is 457 g/mol. The van der Waals surface area contributed by atoms with Crippen LogP contribution in [0.4, 0.5) is 5.69 Å². The molecule has 0 spiro atoms. The highest BCUT2D eigenvalue weighted by molar-refractivity contribution is 9.10. The third-order valence-electron chi connectivity index (χ3n) is 5.82. The number of fused-ring (bicyclic) bond motifs is 1. The zero-order valence-corrected chi connectivity index (χ0v) is 18.8. The van der Waals surface area contributed by atoms with Crippen molar-refractivity contribution in [3.8, 4) is 5.88 Å². The normalized spacial score (nSPS) is 16.9. The molecule has 3 heterocycles. The van der Waals surface area contributed by atoms with Crippen LogP contribution in [0.2, 0.25) is 0 Å². The molecule has 7 heteroatoms. The molecule has 0 bridgehead atoms. The molecule has 6 nitrogen and oxygen atoms in total. The SMILES string of the molecule is CCC(=Nc1cnn(C2CCN(C(C)C)CC2)c1)c1c(O)[nH]c2ccc(Br)cc12. The summed E-state index contributed by atoms with van der Waals surface area (Å²) in [5.41, 5.74) is 3.34. The van der Waals surface area contributed by atoms with Gasteiger partial charge in [0.1, 0.15) is 5.69 Å². The summed E-state index contributed by atoms with van der Waals surface area (Å²) in [7, 11) is 0. The summed E-state index contributed by atoms with van der Waals surface area (Å²) in [6, 6.07) is 6.95. The van der Waals surface area contributed by atoms with Crippen LogP contribution in [-0.4, -0.2) is 49.6 Å². The van der Waals surface area contributed by atoms with E-state index in [9.17, 15) is 5.11 Å². The Morgan fingerprint density at radius 1 is 1.34 bits per heavy atom. The van der Waals surface area contributed by atoms with Gasteiger partial charge in [-0.3, -0.25) is 4.68 Å². The number of H-pyrrole nitrogens is 1. The molecule has 154 valence electrons. The molecule has 0 radical (unpaired) electrons. The molecule has 1 saturated heterocycles. The van der Waals surface area contributed by atoms with Crippen LogP contribution >= 0.6 is 15.9 Å². The Kier molecular flexibility index (Phi) is 5.79. The number of benzene rings is 1. The van der Waals surface area contributed by atoms with E-state index in [1.807, 2.05) is 30.6 Å². The van der Waals surface area contributed by atoms with Gasteiger partial charge in [-0.05, 0) is 51.3 Å².